The van der Waals surface area contributed by atoms with Crippen LogP contribution < -0.4 is 11.1 Å². The van der Waals surface area contributed by atoms with Crippen LogP contribution in [-0.4, -0.2) is 33.1 Å². The van der Waals surface area contributed by atoms with Crippen LogP contribution in [0.2, 0.25) is 0 Å². The molecule has 0 unspecified atom stereocenters. The van der Waals surface area contributed by atoms with Crippen LogP contribution in [0.3, 0.4) is 0 Å². The first-order valence-electron chi connectivity index (χ1n) is 9.13. The van der Waals surface area contributed by atoms with E-state index in [2.05, 4.69) is 5.32 Å². The highest BCUT2D eigenvalue weighted by atomic mass is 32.2. The molecular weight excluding hydrogens is 396 g/mol. The zero-order chi connectivity index (χ0) is 21.1. The summed E-state index contributed by atoms with van der Waals surface area (Å²) in [6.45, 7) is 0.419. The Bertz CT molecular complexity index is 888. The molecule has 0 aliphatic rings. The van der Waals surface area contributed by atoms with Gasteiger partial charge in [0.25, 0.3) is 0 Å². The van der Waals surface area contributed by atoms with Gasteiger partial charge in [0.1, 0.15) is 17.5 Å². The van der Waals surface area contributed by atoms with Crippen molar-refractivity contribution in [1.82, 2.24) is 5.32 Å². The number of alkyl carbamates (subject to hydrolysis) is 1. The van der Waals surface area contributed by atoms with Crippen molar-refractivity contribution in [3.05, 3.63) is 66.2 Å². The van der Waals surface area contributed by atoms with Crippen molar-refractivity contribution in [1.29, 1.82) is 0 Å². The average Bonchev–Trinajstić information content (AvgIpc) is 2.73. The molecule has 1 atom stereocenters. The van der Waals surface area contributed by atoms with E-state index in [1.807, 2.05) is 6.07 Å². The maximum absolute atomic E-state index is 12.4. The fourth-order valence-corrected chi connectivity index (χ4v) is 3.37. The van der Waals surface area contributed by atoms with Crippen molar-refractivity contribution in [3.63, 3.8) is 0 Å². The molecule has 0 heterocycles. The second-order valence-electron chi connectivity index (χ2n) is 6.21. The Morgan fingerprint density at radius 2 is 1.59 bits per heavy atom. The van der Waals surface area contributed by atoms with Gasteiger partial charge in [0.05, 0.1) is 0 Å². The minimum Gasteiger partial charge on any atom is -0.445 e. The molecule has 156 valence electrons. The Hall–Kier alpha value is -2.91. The number of unbranched alkanes of at least 4 members (excludes halogenated alkanes) is 1. The second-order valence-corrected chi connectivity index (χ2v) is 7.76. The van der Waals surface area contributed by atoms with E-state index in [1.165, 1.54) is 24.3 Å². The van der Waals surface area contributed by atoms with Crippen LogP contribution in [0.4, 0.5) is 4.79 Å². The van der Waals surface area contributed by atoms with Crippen molar-refractivity contribution in [2.75, 3.05) is 6.54 Å². The Labute approximate surface area is 170 Å². The first-order chi connectivity index (χ1) is 13.9. The normalized spacial score (nSPS) is 12.0. The molecule has 0 saturated carbocycles. The molecule has 0 bridgehead atoms. The van der Waals surface area contributed by atoms with Gasteiger partial charge in [0.2, 0.25) is 0 Å². The Morgan fingerprint density at radius 1 is 0.966 bits per heavy atom. The summed E-state index contributed by atoms with van der Waals surface area (Å²) in [5, 5.41) is 2.38. The molecule has 0 saturated heterocycles. The zero-order valence-electron chi connectivity index (χ0n) is 15.8. The molecule has 8 nitrogen and oxygen atoms in total. The Morgan fingerprint density at radius 3 is 2.21 bits per heavy atom. The molecular formula is C20H24N2O6S. The largest absolute Gasteiger partial charge is 0.445 e. The molecule has 29 heavy (non-hydrogen) atoms. The minimum absolute atomic E-state index is 0.0134. The molecule has 0 aromatic heterocycles. The quantitative estimate of drug-likeness (QED) is 0.446. The third-order valence-corrected chi connectivity index (χ3v) is 5.19. The van der Waals surface area contributed by atoms with Crippen LogP contribution in [0.25, 0.3) is 0 Å². The maximum atomic E-state index is 12.4. The summed E-state index contributed by atoms with van der Waals surface area (Å²) in [5.41, 5.74) is 6.23. The fraction of sp³-hybridized carbons (Fsp3) is 0.300. The molecule has 0 spiro atoms. The van der Waals surface area contributed by atoms with Crippen molar-refractivity contribution < 1.29 is 26.9 Å². The van der Waals surface area contributed by atoms with Gasteiger partial charge in [0, 0.05) is 0 Å². The lowest BCUT2D eigenvalue weighted by atomic mass is 10.1. The highest BCUT2D eigenvalue weighted by molar-refractivity contribution is 7.87. The summed E-state index contributed by atoms with van der Waals surface area (Å²) in [4.78, 5) is 24.4. The van der Waals surface area contributed by atoms with Crippen molar-refractivity contribution in [2.24, 2.45) is 5.73 Å². The van der Waals surface area contributed by atoms with Gasteiger partial charge in [-0.1, -0.05) is 48.5 Å². The number of rotatable bonds is 10. The van der Waals surface area contributed by atoms with Gasteiger partial charge in [-0.3, -0.25) is 0 Å². The van der Waals surface area contributed by atoms with E-state index in [9.17, 15) is 18.0 Å². The molecule has 0 aliphatic heterocycles. The summed E-state index contributed by atoms with van der Waals surface area (Å²) in [7, 11) is -4.29. The Kier molecular flexibility index (Phi) is 8.63. The molecule has 1 amide bonds. The third-order valence-electron chi connectivity index (χ3n) is 3.96. The number of hydrogen-bond donors (Lipinski definition) is 2. The van der Waals surface area contributed by atoms with Crippen molar-refractivity contribution >= 4 is 22.2 Å². The summed E-state index contributed by atoms with van der Waals surface area (Å²) in [6.07, 6.45) is 0.429. The van der Waals surface area contributed by atoms with E-state index < -0.39 is 28.2 Å². The van der Waals surface area contributed by atoms with E-state index in [-0.39, 0.29) is 17.9 Å². The van der Waals surface area contributed by atoms with Crippen LogP contribution in [0.5, 0.6) is 0 Å². The van der Waals surface area contributed by atoms with Gasteiger partial charge in [-0.2, -0.15) is 8.42 Å². The summed E-state index contributed by atoms with van der Waals surface area (Å²) in [5.74, 6) is -1.08. The number of hydrogen-bond acceptors (Lipinski definition) is 7. The van der Waals surface area contributed by atoms with E-state index in [0.29, 0.717) is 19.4 Å². The summed E-state index contributed by atoms with van der Waals surface area (Å²) < 4.78 is 34.3. The van der Waals surface area contributed by atoms with Gasteiger partial charge in [-0.25, -0.2) is 9.59 Å². The topological polar surface area (TPSA) is 125 Å². The van der Waals surface area contributed by atoms with Crippen LogP contribution in [0.1, 0.15) is 24.8 Å². The monoisotopic (exact) mass is 420 g/mol. The zero-order valence-corrected chi connectivity index (χ0v) is 16.6. The lowest BCUT2D eigenvalue weighted by Gasteiger charge is -2.17. The third kappa shape index (κ3) is 7.55. The number of nitrogens with one attached hydrogen (secondary N) is 1. The smallest absolute Gasteiger partial charge is 0.408 e. The molecule has 2 rings (SSSR count). The van der Waals surface area contributed by atoms with E-state index >= 15 is 0 Å². The summed E-state index contributed by atoms with van der Waals surface area (Å²) >= 11 is 0. The fourth-order valence-electron chi connectivity index (χ4n) is 2.45. The minimum atomic E-state index is -4.29. The van der Waals surface area contributed by atoms with Crippen molar-refractivity contribution in [3.8, 4) is 0 Å². The maximum Gasteiger partial charge on any atom is 0.408 e. The van der Waals surface area contributed by atoms with Gasteiger partial charge < -0.3 is 20.0 Å². The van der Waals surface area contributed by atoms with Crippen LogP contribution in [0, 0.1) is 0 Å². The van der Waals surface area contributed by atoms with Crippen LogP contribution in [0.15, 0.2) is 65.6 Å². The number of amides is 1. The molecule has 2 aromatic carbocycles. The molecule has 0 fully saturated rings. The second kappa shape index (κ2) is 11.2. The number of nitrogens with two attached hydrogens (primary N) is 1. The van der Waals surface area contributed by atoms with E-state index in [0.717, 1.165) is 5.56 Å². The average molecular weight is 420 g/mol. The van der Waals surface area contributed by atoms with Gasteiger partial charge in [-0.05, 0) is 43.5 Å². The number of benzene rings is 2. The Balaban J connectivity index is 2.00. The molecule has 0 radical (unpaired) electrons. The van der Waals surface area contributed by atoms with Gasteiger partial charge >= 0.3 is 22.2 Å². The predicted molar refractivity (Wildman–Crippen MR) is 106 cm³/mol. The molecule has 9 heteroatoms. The number of carbonyl (C=O) groups is 2. The van der Waals surface area contributed by atoms with Gasteiger partial charge in [0.15, 0.2) is 0 Å². The molecule has 3 N–H and O–H groups in total. The number of carbonyl (C=O) groups excluding carboxylic acids is 2. The van der Waals surface area contributed by atoms with E-state index in [4.69, 9.17) is 14.7 Å². The van der Waals surface area contributed by atoms with E-state index in [1.54, 1.807) is 30.3 Å². The van der Waals surface area contributed by atoms with Crippen LogP contribution >= 0.6 is 0 Å². The predicted octanol–water partition coefficient (Wildman–Crippen LogP) is 2.34. The van der Waals surface area contributed by atoms with Crippen molar-refractivity contribution in [2.45, 2.75) is 36.8 Å². The summed E-state index contributed by atoms with van der Waals surface area (Å²) in [6, 6.07) is 15.1. The SMILES string of the molecule is NCCCC[C@H](NC(=O)OCc1ccccc1)C(=O)OS(=O)(=O)c1ccccc1. The molecule has 2 aromatic rings. The number of ether oxygens (including phenoxy) is 1. The van der Waals surface area contributed by atoms with Gasteiger partial charge in [-0.15, -0.1) is 0 Å². The lowest BCUT2D eigenvalue weighted by molar-refractivity contribution is -0.136. The highest BCUT2D eigenvalue weighted by Gasteiger charge is 2.28. The first-order valence-corrected chi connectivity index (χ1v) is 10.5. The highest BCUT2D eigenvalue weighted by Crippen LogP contribution is 2.14. The first kappa shape index (κ1) is 22.4. The van der Waals surface area contributed by atoms with Crippen LogP contribution in [-0.2, 0) is 30.4 Å². The lowest BCUT2D eigenvalue weighted by Crippen LogP contribution is -2.42. The standard InChI is InChI=1S/C20H24N2O6S/c21-14-8-7-13-18(22-20(24)27-15-16-9-3-1-4-10-16)19(23)28-29(25,26)17-11-5-2-6-12-17/h1-6,9-12,18H,7-8,13-15,21H2,(H,22,24)/t18-/m0/s1. The molecule has 0 aliphatic carbocycles.